The predicted molar refractivity (Wildman–Crippen MR) is 131 cm³/mol. The summed E-state index contributed by atoms with van der Waals surface area (Å²) in [5.74, 6) is -1.33. The molecular weight excluding hydrogens is 468 g/mol. The van der Waals surface area contributed by atoms with Crippen molar-refractivity contribution in [2.24, 2.45) is 5.92 Å². The summed E-state index contributed by atoms with van der Waals surface area (Å²) in [6, 6.07) is 6.02. The van der Waals surface area contributed by atoms with Gasteiger partial charge in [0.25, 0.3) is 5.91 Å². The third-order valence-corrected chi connectivity index (χ3v) is 4.76. The fraction of sp³-hybridized carbons (Fsp3) is 0.480. The van der Waals surface area contributed by atoms with Gasteiger partial charge in [-0.15, -0.1) is 0 Å². The number of esters is 1. The largest absolute Gasteiger partial charge is 0.481 e. The second-order valence-electron chi connectivity index (χ2n) is 9.29. The van der Waals surface area contributed by atoms with Gasteiger partial charge in [-0.05, 0) is 45.7 Å². The number of amides is 2. The Bertz CT molecular complexity index is 1060. The van der Waals surface area contributed by atoms with Gasteiger partial charge in [0.2, 0.25) is 17.7 Å². The number of ether oxygens (including phenoxy) is 4. The van der Waals surface area contributed by atoms with Crippen LogP contribution in [0.3, 0.4) is 0 Å². The van der Waals surface area contributed by atoms with Gasteiger partial charge in [-0.3, -0.25) is 9.59 Å². The zero-order chi connectivity index (χ0) is 27.0. The van der Waals surface area contributed by atoms with Crippen LogP contribution >= 0.6 is 0 Å². The number of rotatable bonds is 10. The van der Waals surface area contributed by atoms with Crippen LogP contribution in [-0.4, -0.2) is 59.7 Å². The Labute approximate surface area is 210 Å². The van der Waals surface area contributed by atoms with E-state index in [2.05, 4.69) is 20.6 Å². The monoisotopic (exact) mass is 502 g/mol. The van der Waals surface area contributed by atoms with Crippen LogP contribution in [0.15, 0.2) is 30.3 Å². The average molecular weight is 503 g/mol. The molecule has 1 aromatic heterocycles. The Hall–Kier alpha value is -3.89. The molecule has 2 N–H and O–H groups in total. The summed E-state index contributed by atoms with van der Waals surface area (Å²) in [4.78, 5) is 46.6. The summed E-state index contributed by atoms with van der Waals surface area (Å²) in [6.45, 7) is 10.3. The van der Waals surface area contributed by atoms with Crippen LogP contribution in [-0.2, 0) is 14.3 Å². The molecule has 0 fully saturated rings. The molecule has 11 heteroatoms. The number of benzene rings is 1. The molecule has 196 valence electrons. The Morgan fingerprint density at radius 2 is 1.50 bits per heavy atom. The Kier molecular flexibility index (Phi) is 9.60. The van der Waals surface area contributed by atoms with Crippen molar-refractivity contribution in [2.45, 2.75) is 59.2 Å². The molecule has 2 amide bonds. The minimum atomic E-state index is -0.927. The highest BCUT2D eigenvalue weighted by Crippen LogP contribution is 2.26. The molecule has 0 unspecified atom stereocenters. The minimum absolute atomic E-state index is 0.0872. The molecule has 0 radical (unpaired) electrons. The molecule has 2 atom stereocenters. The number of hydrogen-bond acceptors (Lipinski definition) is 9. The van der Waals surface area contributed by atoms with Gasteiger partial charge in [-0.25, -0.2) is 4.79 Å². The molecule has 2 aromatic rings. The highest BCUT2D eigenvalue weighted by atomic mass is 16.6. The van der Waals surface area contributed by atoms with E-state index in [1.165, 1.54) is 27.2 Å². The van der Waals surface area contributed by atoms with Crippen molar-refractivity contribution < 1.29 is 33.3 Å². The number of methoxy groups -OCH3 is 2. The highest BCUT2D eigenvalue weighted by molar-refractivity contribution is 6.00. The van der Waals surface area contributed by atoms with Crippen molar-refractivity contribution in [1.82, 2.24) is 20.6 Å². The number of nitrogens with zero attached hydrogens (tertiary/aromatic N) is 2. The molecule has 0 aliphatic carbocycles. The molecule has 0 saturated carbocycles. The first-order valence-corrected chi connectivity index (χ1v) is 11.4. The van der Waals surface area contributed by atoms with Gasteiger partial charge in [0.15, 0.2) is 0 Å². The summed E-state index contributed by atoms with van der Waals surface area (Å²) in [6.07, 6.45) is 0. The molecule has 1 heterocycles. The van der Waals surface area contributed by atoms with Crippen LogP contribution in [0.2, 0.25) is 0 Å². The Morgan fingerprint density at radius 3 is 2.03 bits per heavy atom. The molecule has 2 rings (SSSR count). The van der Waals surface area contributed by atoms with Crippen molar-refractivity contribution in [3.05, 3.63) is 35.9 Å². The maximum atomic E-state index is 13.2. The van der Waals surface area contributed by atoms with Crippen molar-refractivity contribution in [3.8, 4) is 23.5 Å². The Balaban J connectivity index is 2.20. The van der Waals surface area contributed by atoms with E-state index in [0.717, 1.165) is 0 Å². The molecule has 0 aliphatic rings. The van der Waals surface area contributed by atoms with E-state index < -0.39 is 35.5 Å². The maximum Gasteiger partial charge on any atom is 0.328 e. The SMILES string of the molecule is COc1cc(OC)nc(Oc2ccccc2C(=O)N[C@H](C(=O)N[C@@H](C)C(=O)OC(C)(C)C)C(C)C)n1. The number of aromatic nitrogens is 2. The number of para-hydroxylation sites is 1. The van der Waals surface area contributed by atoms with Crippen LogP contribution < -0.4 is 24.8 Å². The molecule has 0 saturated heterocycles. The fourth-order valence-electron chi connectivity index (χ4n) is 2.99. The van der Waals surface area contributed by atoms with Crippen LogP contribution in [0.25, 0.3) is 0 Å². The zero-order valence-electron chi connectivity index (χ0n) is 21.9. The smallest absolute Gasteiger partial charge is 0.328 e. The molecule has 11 nitrogen and oxygen atoms in total. The van der Waals surface area contributed by atoms with E-state index in [0.29, 0.717) is 0 Å². The third kappa shape index (κ3) is 8.10. The number of nitrogens with one attached hydrogen (secondary N) is 2. The van der Waals surface area contributed by atoms with Crippen LogP contribution in [0.1, 0.15) is 51.9 Å². The Morgan fingerprint density at radius 1 is 0.917 bits per heavy atom. The van der Waals surface area contributed by atoms with Gasteiger partial charge in [0.1, 0.15) is 23.4 Å². The highest BCUT2D eigenvalue weighted by Gasteiger charge is 2.30. The van der Waals surface area contributed by atoms with Gasteiger partial charge < -0.3 is 29.6 Å². The lowest BCUT2D eigenvalue weighted by atomic mass is 10.0. The summed E-state index contributed by atoms with van der Waals surface area (Å²) in [5, 5.41) is 5.34. The van der Waals surface area contributed by atoms with Gasteiger partial charge >= 0.3 is 12.0 Å². The van der Waals surface area contributed by atoms with Crippen molar-refractivity contribution in [2.75, 3.05) is 14.2 Å². The van der Waals surface area contributed by atoms with Gasteiger partial charge in [-0.1, -0.05) is 26.0 Å². The number of hydrogen-bond donors (Lipinski definition) is 2. The first kappa shape index (κ1) is 28.3. The van der Waals surface area contributed by atoms with E-state index >= 15 is 0 Å². The van der Waals surface area contributed by atoms with Crippen LogP contribution in [0.5, 0.6) is 23.5 Å². The van der Waals surface area contributed by atoms with E-state index in [1.807, 2.05) is 0 Å². The molecule has 36 heavy (non-hydrogen) atoms. The van der Waals surface area contributed by atoms with E-state index in [9.17, 15) is 14.4 Å². The number of carbonyl (C=O) groups excluding carboxylic acids is 3. The standard InChI is InChI=1S/C25H34N4O7/c1-14(2)20(22(31)26-15(3)23(32)36-25(4,5)6)29-21(30)16-11-9-10-12-17(16)35-24-27-18(33-7)13-19(28-24)34-8/h9-15,20H,1-8H3,(H,26,31)(H,29,30)/t15-,20-/m0/s1. The van der Waals surface area contributed by atoms with Crippen molar-refractivity contribution >= 4 is 17.8 Å². The summed E-state index contributed by atoms with van der Waals surface area (Å²) < 4.78 is 21.3. The minimum Gasteiger partial charge on any atom is -0.481 e. The molecule has 0 bridgehead atoms. The zero-order valence-corrected chi connectivity index (χ0v) is 21.9. The molecule has 0 spiro atoms. The molecular formula is C25H34N4O7. The quantitative estimate of drug-likeness (QED) is 0.470. The second kappa shape index (κ2) is 12.2. The number of carbonyl (C=O) groups is 3. The maximum absolute atomic E-state index is 13.2. The van der Waals surface area contributed by atoms with Crippen molar-refractivity contribution in [3.63, 3.8) is 0 Å². The normalized spacial score (nSPS) is 12.8. The average Bonchev–Trinajstić information content (AvgIpc) is 2.80. The lowest BCUT2D eigenvalue weighted by Gasteiger charge is -2.26. The van der Waals surface area contributed by atoms with E-state index in [1.54, 1.807) is 58.9 Å². The van der Waals surface area contributed by atoms with E-state index in [4.69, 9.17) is 18.9 Å². The summed E-state index contributed by atoms with van der Waals surface area (Å²) in [5.41, 5.74) is -0.538. The van der Waals surface area contributed by atoms with Gasteiger partial charge in [0, 0.05) is 0 Å². The molecule has 0 aliphatic heterocycles. The lowest BCUT2D eigenvalue weighted by molar-refractivity contribution is -0.158. The predicted octanol–water partition coefficient (Wildman–Crippen LogP) is 2.89. The first-order chi connectivity index (χ1) is 16.8. The van der Waals surface area contributed by atoms with Gasteiger partial charge in [-0.2, -0.15) is 9.97 Å². The fourth-order valence-corrected chi connectivity index (χ4v) is 2.99. The van der Waals surface area contributed by atoms with E-state index in [-0.39, 0.29) is 35.0 Å². The second-order valence-corrected chi connectivity index (χ2v) is 9.29. The summed E-state index contributed by atoms with van der Waals surface area (Å²) >= 11 is 0. The topological polar surface area (TPSA) is 138 Å². The molecule has 1 aromatic carbocycles. The van der Waals surface area contributed by atoms with Crippen molar-refractivity contribution in [1.29, 1.82) is 0 Å². The van der Waals surface area contributed by atoms with Crippen LogP contribution in [0.4, 0.5) is 0 Å². The third-order valence-electron chi connectivity index (χ3n) is 4.76. The first-order valence-electron chi connectivity index (χ1n) is 11.4. The van der Waals surface area contributed by atoms with Crippen LogP contribution in [0, 0.1) is 5.92 Å². The summed E-state index contributed by atoms with van der Waals surface area (Å²) in [7, 11) is 2.88. The lowest BCUT2D eigenvalue weighted by Crippen LogP contribution is -2.53. The van der Waals surface area contributed by atoms with Gasteiger partial charge in [0.05, 0.1) is 25.8 Å².